The summed E-state index contributed by atoms with van der Waals surface area (Å²) in [6.45, 7) is 0. The van der Waals surface area contributed by atoms with E-state index in [0.29, 0.717) is 16.0 Å². The molecule has 7 heteroatoms. The monoisotopic (exact) mass is 410 g/mol. The number of benzene rings is 1. The number of halogens is 2. The lowest BCUT2D eigenvalue weighted by Crippen LogP contribution is -2.11. The number of aromatic amines is 1. The maximum Gasteiger partial charge on any atom is 0.263 e. The molecule has 0 aliphatic heterocycles. The van der Waals surface area contributed by atoms with Gasteiger partial charge in [0, 0.05) is 4.47 Å². The summed E-state index contributed by atoms with van der Waals surface area (Å²) in [5.74, 6) is 0.177. The molecular weight excluding hydrogens is 404 g/mol. The topological polar surface area (TPSA) is 79.1 Å². The first-order chi connectivity index (χ1) is 10.0. The summed E-state index contributed by atoms with van der Waals surface area (Å²) < 4.78 is 6.62. The highest BCUT2D eigenvalue weighted by molar-refractivity contribution is 9.10. The third kappa shape index (κ3) is 2.79. The van der Waals surface area contributed by atoms with Crippen molar-refractivity contribution in [1.29, 1.82) is 0 Å². The highest BCUT2D eigenvalue weighted by Crippen LogP contribution is 2.28. The van der Waals surface area contributed by atoms with Crippen molar-refractivity contribution >= 4 is 31.9 Å². The number of nitrogens with zero attached hydrogens (tertiary/aromatic N) is 1. The zero-order valence-corrected chi connectivity index (χ0v) is 13.6. The van der Waals surface area contributed by atoms with Gasteiger partial charge >= 0.3 is 0 Å². The van der Waals surface area contributed by atoms with E-state index in [1.54, 1.807) is 30.3 Å². The van der Waals surface area contributed by atoms with E-state index in [0.717, 1.165) is 4.47 Å². The molecule has 0 aliphatic rings. The lowest BCUT2D eigenvalue weighted by atomic mass is 10.1. The van der Waals surface area contributed by atoms with E-state index in [1.165, 1.54) is 0 Å². The van der Waals surface area contributed by atoms with E-state index in [2.05, 4.69) is 41.8 Å². The molecule has 2 N–H and O–H groups in total. The molecular formula is C14H8Br2N2O3. The number of hydrogen-bond donors (Lipinski definition) is 2. The normalized spacial score (nSPS) is 10.8. The number of H-pyrrole nitrogens is 1. The van der Waals surface area contributed by atoms with E-state index in [1.807, 2.05) is 6.07 Å². The van der Waals surface area contributed by atoms with Crippen LogP contribution in [0.1, 0.15) is 0 Å². The summed E-state index contributed by atoms with van der Waals surface area (Å²) >= 11 is 6.50. The molecule has 106 valence electrons. The van der Waals surface area contributed by atoms with E-state index in [4.69, 9.17) is 4.42 Å². The smallest absolute Gasteiger partial charge is 0.263 e. The Morgan fingerprint density at radius 3 is 2.62 bits per heavy atom. The zero-order valence-electron chi connectivity index (χ0n) is 10.4. The minimum Gasteiger partial charge on any atom is -0.493 e. The highest BCUT2D eigenvalue weighted by atomic mass is 79.9. The number of nitrogens with one attached hydrogen (secondary N) is 1. The van der Waals surface area contributed by atoms with Crippen molar-refractivity contribution in [2.24, 2.45) is 0 Å². The van der Waals surface area contributed by atoms with Crippen LogP contribution in [0.2, 0.25) is 0 Å². The maximum absolute atomic E-state index is 12.2. The second kappa shape index (κ2) is 5.50. The van der Waals surface area contributed by atoms with Crippen LogP contribution in [0.5, 0.6) is 5.88 Å². The summed E-state index contributed by atoms with van der Waals surface area (Å²) in [6.07, 6.45) is 0. The van der Waals surface area contributed by atoms with Crippen LogP contribution in [-0.4, -0.2) is 15.1 Å². The quantitative estimate of drug-likeness (QED) is 0.669. The molecule has 2 aromatic heterocycles. The van der Waals surface area contributed by atoms with Gasteiger partial charge in [-0.05, 0) is 45.8 Å². The first kappa shape index (κ1) is 14.1. The number of aromatic hydroxyl groups is 1. The fourth-order valence-electron chi connectivity index (χ4n) is 1.92. The summed E-state index contributed by atoms with van der Waals surface area (Å²) in [5, 5.41) is 10.1. The second-order valence-electron chi connectivity index (χ2n) is 4.23. The fraction of sp³-hybridized carbons (Fsp3) is 0. The Morgan fingerprint density at radius 2 is 2.00 bits per heavy atom. The van der Waals surface area contributed by atoms with Crippen molar-refractivity contribution in [3.63, 3.8) is 0 Å². The predicted molar refractivity (Wildman–Crippen MR) is 85.1 cm³/mol. The summed E-state index contributed by atoms with van der Waals surface area (Å²) in [6, 6.07) is 10.4. The lowest BCUT2D eigenvalue weighted by molar-refractivity contribution is 0.452. The van der Waals surface area contributed by atoms with Crippen molar-refractivity contribution in [3.8, 4) is 28.6 Å². The van der Waals surface area contributed by atoms with Gasteiger partial charge in [0.15, 0.2) is 16.3 Å². The summed E-state index contributed by atoms with van der Waals surface area (Å²) in [7, 11) is 0. The van der Waals surface area contributed by atoms with Crippen LogP contribution in [0.3, 0.4) is 0 Å². The van der Waals surface area contributed by atoms with Gasteiger partial charge < -0.3 is 14.5 Å². The Kier molecular flexibility index (Phi) is 3.69. The van der Waals surface area contributed by atoms with Gasteiger partial charge in [0.25, 0.3) is 5.56 Å². The molecule has 3 rings (SSSR count). The van der Waals surface area contributed by atoms with Crippen LogP contribution in [0.15, 0.2) is 54.8 Å². The van der Waals surface area contributed by atoms with E-state index in [-0.39, 0.29) is 17.3 Å². The Morgan fingerprint density at radius 1 is 1.19 bits per heavy atom. The van der Waals surface area contributed by atoms with E-state index >= 15 is 0 Å². The molecule has 0 fully saturated rings. The van der Waals surface area contributed by atoms with E-state index in [9.17, 15) is 9.90 Å². The summed E-state index contributed by atoms with van der Waals surface area (Å²) in [5.41, 5.74) is 0.247. The number of furan rings is 1. The molecule has 0 unspecified atom stereocenters. The van der Waals surface area contributed by atoms with Crippen molar-refractivity contribution in [1.82, 2.24) is 9.97 Å². The molecule has 1 aromatic carbocycles. The molecule has 0 atom stereocenters. The van der Waals surface area contributed by atoms with Crippen molar-refractivity contribution < 1.29 is 9.52 Å². The largest absolute Gasteiger partial charge is 0.493 e. The first-order valence-electron chi connectivity index (χ1n) is 5.89. The molecule has 21 heavy (non-hydrogen) atoms. The van der Waals surface area contributed by atoms with Gasteiger partial charge in [-0.3, -0.25) is 4.79 Å². The summed E-state index contributed by atoms with van der Waals surface area (Å²) in [4.78, 5) is 18.8. The molecule has 0 radical (unpaired) electrons. The second-order valence-corrected chi connectivity index (χ2v) is 5.92. The number of hydrogen-bond acceptors (Lipinski definition) is 4. The van der Waals surface area contributed by atoms with Gasteiger partial charge in [0.2, 0.25) is 5.88 Å². The van der Waals surface area contributed by atoms with E-state index < -0.39 is 5.56 Å². The molecule has 0 aliphatic carbocycles. The van der Waals surface area contributed by atoms with Gasteiger partial charge in [0.1, 0.15) is 5.56 Å². The molecule has 5 nitrogen and oxygen atoms in total. The first-order valence-corrected chi connectivity index (χ1v) is 7.48. The number of rotatable bonds is 2. The standard InChI is InChI=1S/C14H8Br2N2O3/c15-8-3-1-2-7(6-8)11-13(19)17-12(18-14(11)20)9-4-5-10(16)21-9/h1-6H,(H2,17,18,19,20). The third-order valence-corrected chi connectivity index (χ3v) is 3.74. The molecule has 0 spiro atoms. The Labute approximate surface area is 135 Å². The molecule has 0 saturated heterocycles. The van der Waals surface area contributed by atoms with Crippen molar-refractivity contribution in [2.45, 2.75) is 0 Å². The molecule has 0 bridgehead atoms. The Hall–Kier alpha value is -1.86. The Balaban J connectivity index is 2.15. The van der Waals surface area contributed by atoms with Crippen LogP contribution in [0.4, 0.5) is 0 Å². The fourth-order valence-corrected chi connectivity index (χ4v) is 2.63. The Bertz CT molecular complexity index is 871. The lowest BCUT2D eigenvalue weighted by Gasteiger charge is -2.05. The van der Waals surface area contributed by atoms with Crippen LogP contribution in [0, 0.1) is 0 Å². The predicted octanol–water partition coefficient (Wildman–Crippen LogP) is 3.93. The SMILES string of the molecule is O=c1[nH]c(-c2ccc(Br)o2)nc(O)c1-c1cccc(Br)c1. The van der Waals surface area contributed by atoms with Crippen LogP contribution >= 0.6 is 31.9 Å². The molecule has 3 aromatic rings. The van der Waals surface area contributed by atoms with Crippen molar-refractivity contribution in [2.75, 3.05) is 0 Å². The third-order valence-electron chi connectivity index (χ3n) is 2.82. The van der Waals surface area contributed by atoms with Crippen molar-refractivity contribution in [3.05, 3.63) is 55.9 Å². The number of aromatic nitrogens is 2. The van der Waals surface area contributed by atoms with Crippen LogP contribution in [0.25, 0.3) is 22.7 Å². The van der Waals surface area contributed by atoms with Gasteiger partial charge in [-0.25, -0.2) is 0 Å². The maximum atomic E-state index is 12.2. The van der Waals surface area contributed by atoms with Crippen LogP contribution in [-0.2, 0) is 0 Å². The molecule has 0 saturated carbocycles. The molecule has 2 heterocycles. The van der Waals surface area contributed by atoms with Gasteiger partial charge in [0.05, 0.1) is 0 Å². The van der Waals surface area contributed by atoms with Crippen LogP contribution < -0.4 is 5.56 Å². The average molecular weight is 412 g/mol. The molecule has 0 amide bonds. The zero-order chi connectivity index (χ0) is 15.0. The van der Waals surface area contributed by atoms with Gasteiger partial charge in [-0.2, -0.15) is 4.98 Å². The highest BCUT2D eigenvalue weighted by Gasteiger charge is 2.15. The van der Waals surface area contributed by atoms with Gasteiger partial charge in [-0.1, -0.05) is 28.1 Å². The average Bonchev–Trinajstić information content (AvgIpc) is 2.85. The van der Waals surface area contributed by atoms with Gasteiger partial charge in [-0.15, -0.1) is 0 Å². The minimum absolute atomic E-state index is 0.116. The minimum atomic E-state index is -0.442.